The molecule has 1 saturated carbocycles. The summed E-state index contributed by atoms with van der Waals surface area (Å²) in [7, 11) is 0. The maximum atomic E-state index is 12.8. The lowest BCUT2D eigenvalue weighted by molar-refractivity contribution is -0.123. The van der Waals surface area contributed by atoms with Gasteiger partial charge in [0.25, 0.3) is 6.02 Å². The highest BCUT2D eigenvalue weighted by atomic mass is 19.3. The number of amidine groups is 1. The Morgan fingerprint density at radius 2 is 1.89 bits per heavy atom. The summed E-state index contributed by atoms with van der Waals surface area (Å²) in [6.07, 6.45) is -3.78. The van der Waals surface area contributed by atoms with Gasteiger partial charge in [0.2, 0.25) is 6.43 Å². The largest absolute Gasteiger partial charge is 0.459 e. The van der Waals surface area contributed by atoms with E-state index in [1.165, 1.54) is 0 Å². The number of hydrogen-bond acceptors (Lipinski definition) is 5. The second-order valence-electron chi connectivity index (χ2n) is 5.47. The normalized spacial score (nSPS) is 42.3. The average molecular weight is 276 g/mol. The first-order valence-electron chi connectivity index (χ1n) is 6.71. The number of nitrogens with zero attached hydrogens (tertiary/aromatic N) is 2. The Hall–Kier alpha value is -0.950. The minimum Gasteiger partial charge on any atom is -0.459 e. The summed E-state index contributed by atoms with van der Waals surface area (Å²) in [5.41, 5.74) is 0. The number of halogens is 2. The molecule has 0 radical (unpaired) electrons. The van der Waals surface area contributed by atoms with Crippen LogP contribution < -0.4 is 0 Å². The van der Waals surface area contributed by atoms with Crippen molar-refractivity contribution in [2.45, 2.75) is 50.0 Å². The molecule has 7 heteroatoms. The highest BCUT2D eigenvalue weighted by Crippen LogP contribution is 2.36. The molecule has 0 bridgehead atoms. The molecule has 0 spiro atoms. The molecular weight excluding hydrogens is 258 g/mol. The lowest BCUT2D eigenvalue weighted by Crippen LogP contribution is -2.53. The van der Waals surface area contributed by atoms with Crippen LogP contribution in [0.3, 0.4) is 0 Å². The van der Waals surface area contributed by atoms with Crippen LogP contribution in [0.1, 0.15) is 19.3 Å². The Morgan fingerprint density at radius 3 is 2.53 bits per heavy atom. The van der Waals surface area contributed by atoms with Crippen molar-refractivity contribution in [2.24, 2.45) is 10.9 Å². The van der Waals surface area contributed by atoms with Crippen LogP contribution in [-0.2, 0) is 4.74 Å². The maximum absolute atomic E-state index is 12.8. The Morgan fingerprint density at radius 1 is 1.21 bits per heavy atom. The van der Waals surface area contributed by atoms with Crippen LogP contribution in [0, 0.1) is 5.92 Å². The second-order valence-corrected chi connectivity index (χ2v) is 5.47. The summed E-state index contributed by atoms with van der Waals surface area (Å²) in [6, 6.07) is -0.186. The van der Waals surface area contributed by atoms with Crippen LogP contribution in [0.4, 0.5) is 8.78 Å². The number of ether oxygens (including phenoxy) is 1. The van der Waals surface area contributed by atoms with Gasteiger partial charge in [0.15, 0.2) is 0 Å². The molecule has 1 aliphatic carbocycles. The molecule has 19 heavy (non-hydrogen) atoms. The topological polar surface area (TPSA) is 65.3 Å². The second kappa shape index (κ2) is 4.86. The molecule has 3 aliphatic rings. The molecule has 108 valence electrons. The number of alkyl halides is 2. The predicted octanol–water partition coefficient (Wildman–Crippen LogP) is 0.212. The van der Waals surface area contributed by atoms with Crippen molar-refractivity contribution in [1.82, 2.24) is 4.90 Å². The van der Waals surface area contributed by atoms with E-state index in [4.69, 9.17) is 4.74 Å². The van der Waals surface area contributed by atoms with Gasteiger partial charge in [-0.1, -0.05) is 0 Å². The van der Waals surface area contributed by atoms with Crippen molar-refractivity contribution in [3.8, 4) is 0 Å². The van der Waals surface area contributed by atoms with Crippen molar-refractivity contribution < 1.29 is 23.7 Å². The molecule has 2 heterocycles. The van der Waals surface area contributed by atoms with E-state index in [2.05, 4.69) is 4.99 Å². The third-order valence-electron chi connectivity index (χ3n) is 4.24. The summed E-state index contributed by atoms with van der Waals surface area (Å²) >= 11 is 0. The monoisotopic (exact) mass is 276 g/mol. The molecule has 5 nitrogen and oxygen atoms in total. The van der Waals surface area contributed by atoms with Crippen molar-refractivity contribution in [3.05, 3.63) is 0 Å². The number of aliphatic hydroxyl groups is 2. The molecule has 0 aromatic rings. The van der Waals surface area contributed by atoms with Gasteiger partial charge in [0.05, 0.1) is 12.0 Å². The zero-order valence-electron chi connectivity index (χ0n) is 10.5. The van der Waals surface area contributed by atoms with Gasteiger partial charge in [-0.3, -0.25) is 0 Å². The van der Waals surface area contributed by atoms with E-state index in [0.29, 0.717) is 6.02 Å². The van der Waals surface area contributed by atoms with E-state index in [1.54, 1.807) is 0 Å². The van der Waals surface area contributed by atoms with Gasteiger partial charge in [-0.15, -0.1) is 0 Å². The van der Waals surface area contributed by atoms with E-state index in [9.17, 15) is 19.0 Å². The number of rotatable bonds is 1. The summed E-state index contributed by atoms with van der Waals surface area (Å²) in [5, 5.41) is 19.7. The predicted molar refractivity (Wildman–Crippen MR) is 63.0 cm³/mol. The summed E-state index contributed by atoms with van der Waals surface area (Å²) < 4.78 is 31.3. The molecular formula is C12H18F2N2O3. The number of likely N-dealkylation sites (tertiary alicyclic amines) is 1. The maximum Gasteiger partial charge on any atom is 0.288 e. The van der Waals surface area contributed by atoms with Gasteiger partial charge < -0.3 is 19.8 Å². The molecule has 5 unspecified atom stereocenters. The van der Waals surface area contributed by atoms with Crippen LogP contribution in [0.25, 0.3) is 0 Å². The van der Waals surface area contributed by atoms with Gasteiger partial charge in [0, 0.05) is 13.1 Å². The number of hydrogen-bond donors (Lipinski definition) is 2. The van der Waals surface area contributed by atoms with Crippen LogP contribution in [0.15, 0.2) is 4.99 Å². The first-order valence-corrected chi connectivity index (χ1v) is 6.71. The van der Waals surface area contributed by atoms with Crippen molar-refractivity contribution in [1.29, 1.82) is 0 Å². The van der Waals surface area contributed by atoms with Gasteiger partial charge >= 0.3 is 0 Å². The van der Waals surface area contributed by atoms with Gasteiger partial charge in [-0.25, -0.2) is 13.8 Å². The van der Waals surface area contributed by atoms with Crippen LogP contribution in [0.5, 0.6) is 0 Å². The molecule has 0 amide bonds. The fraction of sp³-hybridized carbons (Fsp3) is 0.917. The average Bonchev–Trinajstić information content (AvgIpc) is 3.01. The first-order chi connectivity index (χ1) is 9.08. The number of aliphatic hydroxyl groups excluding tert-OH is 2. The molecule has 0 aromatic carbocycles. The molecule has 3 rings (SSSR count). The molecule has 1 saturated heterocycles. The van der Waals surface area contributed by atoms with E-state index in [-0.39, 0.29) is 6.42 Å². The molecule has 0 aromatic heterocycles. The van der Waals surface area contributed by atoms with Crippen molar-refractivity contribution >= 4 is 6.02 Å². The zero-order chi connectivity index (χ0) is 13.6. The van der Waals surface area contributed by atoms with Crippen molar-refractivity contribution in [3.63, 3.8) is 0 Å². The summed E-state index contributed by atoms with van der Waals surface area (Å²) in [6.45, 7) is 1.68. The Labute approximate surface area is 109 Å². The van der Waals surface area contributed by atoms with E-state index < -0.39 is 36.7 Å². The van der Waals surface area contributed by atoms with Crippen molar-refractivity contribution in [2.75, 3.05) is 13.1 Å². The molecule has 2 N–H and O–H groups in total. The lowest BCUT2D eigenvalue weighted by atomic mass is 9.80. The van der Waals surface area contributed by atoms with Crippen LogP contribution in [0.2, 0.25) is 0 Å². The fourth-order valence-electron chi connectivity index (χ4n) is 3.11. The summed E-state index contributed by atoms with van der Waals surface area (Å²) in [4.78, 5) is 6.25. The Balaban J connectivity index is 1.75. The standard InChI is InChI=1S/C12H18F2N2O3/c13-11(14)6-5-7-8(10(18)9(6)17)15-12(19-7)16-3-1-2-4-16/h6-11,17-18H,1-5H2. The number of fused-ring (bicyclic) bond motifs is 1. The fourth-order valence-corrected chi connectivity index (χ4v) is 3.11. The third kappa shape index (κ3) is 2.18. The lowest BCUT2D eigenvalue weighted by Gasteiger charge is -2.37. The third-order valence-corrected chi connectivity index (χ3v) is 4.24. The Bertz CT molecular complexity index is 374. The quantitative estimate of drug-likeness (QED) is 0.718. The molecule has 2 fully saturated rings. The zero-order valence-corrected chi connectivity index (χ0v) is 10.5. The van der Waals surface area contributed by atoms with Gasteiger partial charge in [0.1, 0.15) is 18.2 Å². The van der Waals surface area contributed by atoms with E-state index in [0.717, 1.165) is 25.9 Å². The number of aliphatic imine (C=N–C) groups is 1. The molecule has 2 aliphatic heterocycles. The van der Waals surface area contributed by atoms with E-state index in [1.807, 2.05) is 4.90 Å². The first kappa shape index (κ1) is 13.1. The minimum absolute atomic E-state index is 0.0292. The highest BCUT2D eigenvalue weighted by molar-refractivity contribution is 5.76. The highest BCUT2D eigenvalue weighted by Gasteiger charge is 2.51. The Kier molecular flexibility index (Phi) is 3.34. The van der Waals surface area contributed by atoms with Gasteiger partial charge in [-0.05, 0) is 19.3 Å². The SMILES string of the molecule is OC1C(O)C2N=C(N3CCCC3)OC2CC1C(F)F. The van der Waals surface area contributed by atoms with Crippen LogP contribution >= 0.6 is 0 Å². The minimum atomic E-state index is -2.66. The molecule has 5 atom stereocenters. The van der Waals surface area contributed by atoms with Crippen LogP contribution in [-0.4, -0.2) is 65.0 Å². The summed E-state index contributed by atoms with van der Waals surface area (Å²) in [5.74, 6) is -1.25. The van der Waals surface area contributed by atoms with E-state index >= 15 is 0 Å². The smallest absolute Gasteiger partial charge is 0.288 e. The van der Waals surface area contributed by atoms with Gasteiger partial charge in [-0.2, -0.15) is 0 Å².